The molecule has 1 unspecified atom stereocenters. The van der Waals surface area contributed by atoms with Crippen LogP contribution in [0.4, 0.5) is 0 Å². The van der Waals surface area contributed by atoms with E-state index in [1.165, 1.54) is 40.1 Å². The molecule has 0 saturated heterocycles. The van der Waals surface area contributed by atoms with Gasteiger partial charge in [-0.05, 0) is 77.7 Å². The van der Waals surface area contributed by atoms with Crippen LogP contribution in [0.3, 0.4) is 0 Å². The predicted molar refractivity (Wildman–Crippen MR) is 134 cm³/mol. The van der Waals surface area contributed by atoms with Crippen molar-refractivity contribution in [1.82, 2.24) is 15.2 Å². The van der Waals surface area contributed by atoms with Crippen LogP contribution in [0.25, 0.3) is 10.9 Å². The molecule has 0 amide bonds. The molecule has 1 atom stereocenters. The van der Waals surface area contributed by atoms with Crippen LogP contribution in [0.1, 0.15) is 24.6 Å². The summed E-state index contributed by atoms with van der Waals surface area (Å²) < 4.78 is 5.26. The lowest BCUT2D eigenvalue weighted by molar-refractivity contribution is 0.402. The summed E-state index contributed by atoms with van der Waals surface area (Å²) in [5.74, 6) is 2.88. The van der Waals surface area contributed by atoms with Gasteiger partial charge in [-0.2, -0.15) is 0 Å². The highest BCUT2D eigenvalue weighted by atomic mass is 16.5. The van der Waals surface area contributed by atoms with Gasteiger partial charge in [-0.25, -0.2) is 4.79 Å². The molecule has 1 aliphatic carbocycles. The van der Waals surface area contributed by atoms with Crippen molar-refractivity contribution >= 4 is 16.8 Å². The third-order valence-corrected chi connectivity index (χ3v) is 4.64. The quantitative estimate of drug-likeness (QED) is 0.518. The molecule has 5 heteroatoms. The van der Waals surface area contributed by atoms with Gasteiger partial charge in [0, 0.05) is 29.7 Å². The first kappa shape index (κ1) is 28.1. The number of nitrogens with one attached hydrogen (secondary N) is 2. The molecule has 0 radical (unpaired) electrons. The van der Waals surface area contributed by atoms with Crippen LogP contribution in [0.2, 0.25) is 0 Å². The highest BCUT2D eigenvalue weighted by Gasteiger charge is 2.09. The highest BCUT2D eigenvalue weighted by Crippen LogP contribution is 2.26. The van der Waals surface area contributed by atoms with Crippen molar-refractivity contribution < 1.29 is 9.53 Å². The van der Waals surface area contributed by atoms with Crippen LogP contribution in [0, 0.1) is 12.8 Å². The Morgan fingerprint density at radius 2 is 1.94 bits per heavy atom. The lowest BCUT2D eigenvalue weighted by Crippen LogP contribution is -2.17. The number of fused-ring (bicyclic) bond motifs is 1. The lowest BCUT2D eigenvalue weighted by atomic mass is 9.97. The van der Waals surface area contributed by atoms with Crippen LogP contribution in [-0.4, -0.2) is 50.6 Å². The lowest BCUT2D eigenvalue weighted by Gasteiger charge is -2.13. The molecule has 0 spiro atoms. The molecule has 2 aromatic rings. The Balaban J connectivity index is 0.000000515. The summed E-state index contributed by atoms with van der Waals surface area (Å²) in [6.45, 7) is 15.0. The number of ether oxygens (including phenoxy) is 1. The summed E-state index contributed by atoms with van der Waals surface area (Å²) in [4.78, 5) is 14.1. The third-order valence-electron chi connectivity index (χ3n) is 4.64. The number of hydrogen-bond donors (Lipinski definition) is 2. The minimum Gasteiger partial charge on any atom is -0.497 e. The van der Waals surface area contributed by atoms with E-state index in [0.717, 1.165) is 18.8 Å². The third kappa shape index (κ3) is 10.1. The molecule has 0 fully saturated rings. The van der Waals surface area contributed by atoms with E-state index < -0.39 is 0 Å². The Labute approximate surface area is 188 Å². The van der Waals surface area contributed by atoms with Gasteiger partial charge in [-0.3, -0.25) is 0 Å². The Kier molecular flexibility index (Phi) is 14.5. The van der Waals surface area contributed by atoms with E-state index >= 15 is 0 Å². The van der Waals surface area contributed by atoms with Crippen molar-refractivity contribution in [2.45, 2.75) is 26.8 Å². The van der Waals surface area contributed by atoms with Crippen molar-refractivity contribution in [2.24, 2.45) is 5.92 Å². The maximum absolute atomic E-state index is 8.57. The minimum atomic E-state index is 0.716. The highest BCUT2D eigenvalue weighted by molar-refractivity contribution is 5.86. The van der Waals surface area contributed by atoms with Crippen molar-refractivity contribution in [2.75, 3.05) is 34.8 Å². The molecule has 0 bridgehead atoms. The van der Waals surface area contributed by atoms with Gasteiger partial charge >= 0.3 is 0 Å². The van der Waals surface area contributed by atoms with Crippen LogP contribution in [-0.2, 0) is 11.3 Å². The molecule has 1 heterocycles. The van der Waals surface area contributed by atoms with Crippen LogP contribution >= 0.6 is 0 Å². The number of nitrogens with zero attached hydrogens (tertiary/aromatic N) is 1. The maximum Gasteiger partial charge on any atom is 0.119 e. The number of H-pyrrole nitrogens is 1. The van der Waals surface area contributed by atoms with E-state index in [4.69, 9.17) is 9.53 Å². The zero-order chi connectivity index (χ0) is 23.8. The molecular weight excluding hydrogens is 386 g/mol. The average molecular weight is 426 g/mol. The monoisotopic (exact) mass is 425 g/mol. The summed E-state index contributed by atoms with van der Waals surface area (Å²) in [5.41, 5.74) is 5.15. The normalized spacial score (nSPS) is 14.2. The van der Waals surface area contributed by atoms with Gasteiger partial charge in [0.25, 0.3) is 0 Å². The van der Waals surface area contributed by atoms with Gasteiger partial charge in [0.1, 0.15) is 11.7 Å². The minimum absolute atomic E-state index is 0.716. The molecule has 0 aliphatic heterocycles. The fraction of sp³-hybridized carbons (Fsp3) is 0.385. The van der Waals surface area contributed by atoms with Gasteiger partial charge in [0.2, 0.25) is 0 Å². The molecule has 3 rings (SSSR count). The first-order valence-corrected chi connectivity index (χ1v) is 10.3. The smallest absolute Gasteiger partial charge is 0.119 e. The molecule has 1 aromatic heterocycles. The summed E-state index contributed by atoms with van der Waals surface area (Å²) in [6.07, 6.45) is 7.97. The van der Waals surface area contributed by atoms with E-state index in [2.05, 4.69) is 93.2 Å². The predicted octanol–water partition coefficient (Wildman–Crippen LogP) is 5.08. The Morgan fingerprint density at radius 1 is 1.29 bits per heavy atom. The number of aryl methyl sites for hydroxylation is 1. The molecule has 31 heavy (non-hydrogen) atoms. The number of hydrogen-bond acceptors (Lipinski definition) is 4. The first-order valence-electron chi connectivity index (χ1n) is 10.3. The van der Waals surface area contributed by atoms with E-state index in [9.17, 15) is 0 Å². The number of allylic oxidation sites excluding steroid dienone is 3. The Morgan fingerprint density at radius 3 is 2.42 bits per heavy atom. The van der Waals surface area contributed by atoms with Crippen molar-refractivity contribution in [3.8, 4) is 5.75 Å². The number of aromatic amines is 1. The standard InChI is InChI=1S/C13H18N2O.C9H15N.C2H2O.C2H4/c1-9-12(8-15(2)3)11-7-10(16-4)5-6-13(11)14-9;1-8-3-5-9(6-4-8)7-10-2;1-2-3;1-2/h5-7,14H,8H2,1-4H3;3-5,9-10H,6-7H2,1-2H3;1H2;1-2H2. The molecule has 1 aromatic carbocycles. The van der Waals surface area contributed by atoms with Gasteiger partial charge in [-0.15, -0.1) is 13.2 Å². The second-order valence-corrected chi connectivity index (χ2v) is 7.38. The summed E-state index contributed by atoms with van der Waals surface area (Å²) >= 11 is 0. The van der Waals surface area contributed by atoms with Gasteiger partial charge < -0.3 is 19.9 Å². The largest absolute Gasteiger partial charge is 0.497 e. The van der Waals surface area contributed by atoms with Gasteiger partial charge in [0.15, 0.2) is 0 Å². The Bertz CT molecular complexity index is 872. The summed E-state index contributed by atoms with van der Waals surface area (Å²) in [6, 6.07) is 6.15. The fourth-order valence-electron chi connectivity index (χ4n) is 3.19. The van der Waals surface area contributed by atoms with Gasteiger partial charge in [0.05, 0.1) is 7.11 Å². The first-order chi connectivity index (χ1) is 14.9. The summed E-state index contributed by atoms with van der Waals surface area (Å²) in [7, 11) is 7.86. The number of methoxy groups -OCH3 is 1. The number of aromatic nitrogens is 1. The second-order valence-electron chi connectivity index (χ2n) is 7.38. The topological polar surface area (TPSA) is 57.4 Å². The molecule has 170 valence electrons. The maximum atomic E-state index is 8.57. The van der Waals surface area contributed by atoms with Crippen LogP contribution < -0.4 is 10.1 Å². The van der Waals surface area contributed by atoms with E-state index in [0.29, 0.717) is 5.92 Å². The SMILES string of the molecule is C=C.C=C=O.CNCC1C=CC(C)=CC1.COc1ccc2[nH]c(C)c(CN(C)C)c2c1. The number of carbonyl (C=O) groups excluding carboxylic acids is 1. The van der Waals surface area contributed by atoms with Crippen molar-refractivity contribution in [1.29, 1.82) is 0 Å². The van der Waals surface area contributed by atoms with Crippen LogP contribution in [0.5, 0.6) is 5.75 Å². The average Bonchev–Trinajstić information content (AvgIpc) is 3.06. The van der Waals surface area contributed by atoms with Crippen molar-refractivity contribution in [3.05, 3.63) is 73.0 Å². The molecule has 0 saturated carbocycles. The zero-order valence-corrected chi connectivity index (χ0v) is 20.0. The molecule has 2 N–H and O–H groups in total. The number of rotatable bonds is 5. The van der Waals surface area contributed by atoms with Crippen molar-refractivity contribution in [3.63, 3.8) is 0 Å². The van der Waals surface area contributed by atoms with E-state index in [-0.39, 0.29) is 0 Å². The zero-order valence-electron chi connectivity index (χ0n) is 20.0. The van der Waals surface area contributed by atoms with Gasteiger partial charge in [-0.1, -0.05) is 23.8 Å². The second kappa shape index (κ2) is 15.9. The Hall–Kier alpha value is -2.85. The fourth-order valence-corrected chi connectivity index (χ4v) is 3.19. The molecular formula is C26H39N3O2. The summed E-state index contributed by atoms with van der Waals surface area (Å²) in [5, 5.41) is 4.43. The number of benzene rings is 1. The molecule has 5 nitrogen and oxygen atoms in total. The van der Waals surface area contributed by atoms with E-state index in [1.807, 2.05) is 13.1 Å². The van der Waals surface area contributed by atoms with E-state index in [1.54, 1.807) is 7.11 Å². The van der Waals surface area contributed by atoms with Crippen LogP contribution in [0.15, 0.2) is 61.7 Å². The molecule has 1 aliphatic rings.